The second-order valence-corrected chi connectivity index (χ2v) is 7.02. The summed E-state index contributed by atoms with van der Waals surface area (Å²) >= 11 is 0. The van der Waals surface area contributed by atoms with Gasteiger partial charge in [-0.15, -0.1) is 0 Å². The van der Waals surface area contributed by atoms with Crippen LogP contribution < -0.4 is 5.32 Å². The highest BCUT2D eigenvalue weighted by molar-refractivity contribution is 5.94. The highest BCUT2D eigenvalue weighted by atomic mass is 16.2. The van der Waals surface area contributed by atoms with Gasteiger partial charge in [-0.3, -0.25) is 4.79 Å². The summed E-state index contributed by atoms with van der Waals surface area (Å²) < 4.78 is 0. The molecule has 1 N–H and O–H groups in total. The van der Waals surface area contributed by atoms with Crippen LogP contribution in [0.25, 0.3) is 0 Å². The third-order valence-electron chi connectivity index (χ3n) is 5.03. The minimum Gasteiger partial charge on any atom is -0.370 e. The summed E-state index contributed by atoms with van der Waals surface area (Å²) in [5.41, 5.74) is 3.32. The van der Waals surface area contributed by atoms with Crippen LogP contribution in [0.3, 0.4) is 0 Å². The number of hydrogen-bond acceptors (Lipinski definition) is 3. The first kappa shape index (κ1) is 19.2. The van der Waals surface area contributed by atoms with Gasteiger partial charge in [0.1, 0.15) is 5.82 Å². The third kappa shape index (κ3) is 5.68. The molecule has 4 nitrogen and oxygen atoms in total. The maximum Gasteiger partial charge on any atom is 0.255 e. The maximum atomic E-state index is 12.8. The molecular formula is C23H29N3O. The van der Waals surface area contributed by atoms with Crippen molar-refractivity contribution in [3.63, 3.8) is 0 Å². The molecule has 27 heavy (non-hydrogen) atoms. The van der Waals surface area contributed by atoms with Crippen molar-refractivity contribution < 1.29 is 4.79 Å². The fourth-order valence-electron chi connectivity index (χ4n) is 3.42. The van der Waals surface area contributed by atoms with Crippen molar-refractivity contribution >= 4 is 11.7 Å². The van der Waals surface area contributed by atoms with Gasteiger partial charge in [0.2, 0.25) is 0 Å². The summed E-state index contributed by atoms with van der Waals surface area (Å²) in [7, 11) is 0. The highest BCUT2D eigenvalue weighted by Crippen LogP contribution is 2.20. The van der Waals surface area contributed by atoms with Crippen LogP contribution in [-0.4, -0.2) is 28.9 Å². The average molecular weight is 364 g/mol. The number of carbonyl (C=O) groups is 1. The van der Waals surface area contributed by atoms with Crippen molar-refractivity contribution in [2.75, 3.05) is 18.4 Å². The lowest BCUT2D eigenvalue weighted by Crippen LogP contribution is -2.30. The Balaban J connectivity index is 1.53. The highest BCUT2D eigenvalue weighted by Gasteiger charge is 2.15. The second kappa shape index (κ2) is 9.91. The molecule has 0 bridgehead atoms. The predicted molar refractivity (Wildman–Crippen MR) is 111 cm³/mol. The minimum atomic E-state index is 0.0211. The van der Waals surface area contributed by atoms with Crippen molar-refractivity contribution in [2.45, 2.75) is 45.6 Å². The molecular weight excluding hydrogens is 334 g/mol. The van der Waals surface area contributed by atoms with E-state index in [-0.39, 0.29) is 5.91 Å². The molecule has 1 aromatic heterocycles. The Morgan fingerprint density at radius 2 is 2.00 bits per heavy atom. The molecule has 1 aliphatic carbocycles. The van der Waals surface area contributed by atoms with Gasteiger partial charge in [-0.05, 0) is 56.7 Å². The van der Waals surface area contributed by atoms with Crippen LogP contribution in [-0.2, 0) is 6.54 Å². The lowest BCUT2D eigenvalue weighted by Gasteiger charge is -2.21. The molecule has 3 rings (SSSR count). The van der Waals surface area contributed by atoms with Crippen LogP contribution in [0.1, 0.15) is 54.9 Å². The number of allylic oxidation sites excluding steroid dienone is 1. The molecule has 0 saturated heterocycles. The Morgan fingerprint density at radius 3 is 2.67 bits per heavy atom. The van der Waals surface area contributed by atoms with E-state index < -0.39 is 0 Å². The van der Waals surface area contributed by atoms with Crippen molar-refractivity contribution in [3.8, 4) is 0 Å². The fourth-order valence-corrected chi connectivity index (χ4v) is 3.42. The van der Waals surface area contributed by atoms with Gasteiger partial charge in [0, 0.05) is 25.8 Å². The van der Waals surface area contributed by atoms with Gasteiger partial charge in [-0.25, -0.2) is 4.98 Å². The SMILES string of the molecule is CCN(Cc1ccccc1)C(=O)c1ccc(NCCC2=CCCCC2)nc1. The summed E-state index contributed by atoms with van der Waals surface area (Å²) in [6.45, 7) is 4.18. The summed E-state index contributed by atoms with van der Waals surface area (Å²) in [6.07, 6.45) is 10.2. The van der Waals surface area contributed by atoms with Gasteiger partial charge < -0.3 is 10.2 Å². The van der Waals surface area contributed by atoms with Crippen molar-refractivity contribution in [2.24, 2.45) is 0 Å². The number of benzene rings is 1. The predicted octanol–water partition coefficient (Wildman–Crippen LogP) is 5.05. The topological polar surface area (TPSA) is 45.2 Å². The van der Waals surface area contributed by atoms with Gasteiger partial charge >= 0.3 is 0 Å². The van der Waals surface area contributed by atoms with Gasteiger partial charge in [0.05, 0.1) is 5.56 Å². The molecule has 0 unspecified atom stereocenters. The minimum absolute atomic E-state index is 0.0211. The third-order valence-corrected chi connectivity index (χ3v) is 5.03. The Labute approximate surface area is 162 Å². The quantitative estimate of drug-likeness (QED) is 0.668. The first-order chi connectivity index (χ1) is 13.3. The molecule has 1 heterocycles. The normalized spacial score (nSPS) is 13.7. The fraction of sp³-hybridized carbons (Fsp3) is 0.391. The number of carbonyl (C=O) groups excluding carboxylic acids is 1. The van der Waals surface area contributed by atoms with E-state index in [0.717, 1.165) is 24.3 Å². The molecule has 1 aliphatic rings. The zero-order valence-electron chi connectivity index (χ0n) is 16.2. The van der Waals surface area contributed by atoms with E-state index in [1.165, 1.54) is 25.7 Å². The van der Waals surface area contributed by atoms with Crippen LogP contribution in [0.4, 0.5) is 5.82 Å². The number of amides is 1. The molecule has 1 amide bonds. The lowest BCUT2D eigenvalue weighted by atomic mass is 9.97. The second-order valence-electron chi connectivity index (χ2n) is 7.02. The molecule has 0 fully saturated rings. The lowest BCUT2D eigenvalue weighted by molar-refractivity contribution is 0.0752. The van der Waals surface area contributed by atoms with E-state index in [1.54, 1.807) is 11.8 Å². The van der Waals surface area contributed by atoms with Gasteiger partial charge in [0.15, 0.2) is 0 Å². The van der Waals surface area contributed by atoms with Crippen LogP contribution in [0, 0.1) is 0 Å². The van der Waals surface area contributed by atoms with Gasteiger partial charge in [-0.1, -0.05) is 42.0 Å². The molecule has 0 aliphatic heterocycles. The Kier molecular flexibility index (Phi) is 7.03. The number of pyridine rings is 1. The summed E-state index contributed by atoms with van der Waals surface area (Å²) in [5, 5.41) is 3.36. The number of hydrogen-bond donors (Lipinski definition) is 1. The number of nitrogens with one attached hydrogen (secondary N) is 1. The Morgan fingerprint density at radius 1 is 1.15 bits per heavy atom. The average Bonchev–Trinajstić information content (AvgIpc) is 2.73. The number of rotatable bonds is 8. The Hall–Kier alpha value is -2.62. The zero-order valence-corrected chi connectivity index (χ0v) is 16.2. The monoisotopic (exact) mass is 363 g/mol. The Bertz CT molecular complexity index is 753. The van der Waals surface area contributed by atoms with E-state index in [4.69, 9.17) is 0 Å². The molecule has 0 radical (unpaired) electrons. The van der Waals surface area contributed by atoms with Crippen LogP contribution in [0.5, 0.6) is 0 Å². The zero-order chi connectivity index (χ0) is 18.9. The van der Waals surface area contributed by atoms with Crippen LogP contribution in [0.2, 0.25) is 0 Å². The van der Waals surface area contributed by atoms with Crippen LogP contribution in [0.15, 0.2) is 60.3 Å². The van der Waals surface area contributed by atoms with Crippen molar-refractivity contribution in [3.05, 3.63) is 71.4 Å². The number of aromatic nitrogens is 1. The van der Waals surface area contributed by atoms with E-state index in [1.807, 2.05) is 54.3 Å². The summed E-state index contributed by atoms with van der Waals surface area (Å²) in [5.74, 6) is 0.849. The van der Waals surface area contributed by atoms with E-state index in [9.17, 15) is 4.79 Å². The van der Waals surface area contributed by atoms with E-state index in [0.29, 0.717) is 18.7 Å². The van der Waals surface area contributed by atoms with Crippen molar-refractivity contribution in [1.29, 1.82) is 0 Å². The first-order valence-corrected chi connectivity index (χ1v) is 9.97. The number of anilines is 1. The van der Waals surface area contributed by atoms with Crippen LogP contribution >= 0.6 is 0 Å². The van der Waals surface area contributed by atoms with E-state index >= 15 is 0 Å². The molecule has 0 atom stereocenters. The van der Waals surface area contributed by atoms with Crippen molar-refractivity contribution in [1.82, 2.24) is 9.88 Å². The standard InChI is InChI=1S/C23H29N3O/c1-2-26(18-20-11-7-4-8-12-20)23(27)21-13-14-22(25-17-21)24-16-15-19-9-5-3-6-10-19/h4,7-9,11-14,17H,2-3,5-6,10,15-16,18H2,1H3,(H,24,25). The molecule has 2 aromatic rings. The molecule has 142 valence electrons. The molecule has 0 spiro atoms. The molecule has 4 heteroatoms. The summed E-state index contributed by atoms with van der Waals surface area (Å²) in [6, 6.07) is 13.8. The smallest absolute Gasteiger partial charge is 0.255 e. The van der Waals surface area contributed by atoms with E-state index in [2.05, 4.69) is 16.4 Å². The largest absolute Gasteiger partial charge is 0.370 e. The molecule has 1 aromatic carbocycles. The number of nitrogens with zero attached hydrogens (tertiary/aromatic N) is 2. The van der Waals surface area contributed by atoms with Gasteiger partial charge in [0.25, 0.3) is 5.91 Å². The summed E-state index contributed by atoms with van der Waals surface area (Å²) in [4.78, 5) is 19.0. The van der Waals surface area contributed by atoms with Gasteiger partial charge in [-0.2, -0.15) is 0 Å². The first-order valence-electron chi connectivity index (χ1n) is 9.97. The molecule has 0 saturated carbocycles. The maximum absolute atomic E-state index is 12.8.